The Balaban J connectivity index is 1.31. The minimum atomic E-state index is -0.876. The number of methoxy groups -OCH3 is 1. The standard InChI is InChI=1S/C27H23N5O5S/c1-37-23-9-5-2-6-18(23)15-28-24(33)14-22-26(34)31-25(29-22)20-7-3-4-8-21(20)30-27(31)38-16-17-10-12-19(13-11-17)32(35)36/h2-13,22H,14-16H2,1H3,(H,28,33)/t22-/m1/s1. The van der Waals surface area contributed by atoms with Gasteiger partial charge in [0.1, 0.15) is 17.6 Å². The fourth-order valence-electron chi connectivity index (χ4n) is 4.18. The summed E-state index contributed by atoms with van der Waals surface area (Å²) in [6, 6.07) is 20.2. The molecule has 2 aliphatic rings. The monoisotopic (exact) mass is 529 g/mol. The number of nitro benzene ring substituents is 1. The third kappa shape index (κ3) is 5.14. The van der Waals surface area contributed by atoms with Crippen LogP contribution in [0.4, 0.5) is 11.4 Å². The zero-order valence-corrected chi connectivity index (χ0v) is 21.2. The molecule has 2 aliphatic heterocycles. The summed E-state index contributed by atoms with van der Waals surface area (Å²) in [6.45, 7) is 0.269. The Labute approximate surface area is 222 Å². The SMILES string of the molecule is COc1ccccc1CNC(=O)C[C@H]1N=C2c3ccccc3N=C(SCc3ccc([N+](=O)[O-])cc3)N2C1=O. The van der Waals surface area contributed by atoms with Crippen molar-refractivity contribution in [3.63, 3.8) is 0 Å². The summed E-state index contributed by atoms with van der Waals surface area (Å²) in [4.78, 5) is 47.5. The number of rotatable bonds is 8. The van der Waals surface area contributed by atoms with Crippen molar-refractivity contribution in [1.29, 1.82) is 0 Å². The number of para-hydroxylation sites is 2. The number of benzene rings is 3. The first-order valence-corrected chi connectivity index (χ1v) is 12.8. The van der Waals surface area contributed by atoms with Crippen molar-refractivity contribution in [3.8, 4) is 5.75 Å². The fraction of sp³-hybridized carbons (Fsp3) is 0.185. The van der Waals surface area contributed by atoms with E-state index < -0.39 is 11.0 Å². The van der Waals surface area contributed by atoms with E-state index in [1.807, 2.05) is 48.5 Å². The van der Waals surface area contributed by atoms with Gasteiger partial charge in [-0.3, -0.25) is 24.7 Å². The highest BCUT2D eigenvalue weighted by Gasteiger charge is 2.42. The Morgan fingerprint density at radius 1 is 1.11 bits per heavy atom. The summed E-state index contributed by atoms with van der Waals surface area (Å²) in [7, 11) is 1.57. The largest absolute Gasteiger partial charge is 0.496 e. The lowest BCUT2D eigenvalue weighted by molar-refractivity contribution is -0.384. The number of nitrogens with zero attached hydrogens (tertiary/aromatic N) is 4. The predicted octanol–water partition coefficient (Wildman–Crippen LogP) is 4.20. The minimum absolute atomic E-state index is 0.0126. The molecule has 192 valence electrons. The van der Waals surface area contributed by atoms with E-state index in [0.29, 0.717) is 28.2 Å². The Kier molecular flexibility index (Phi) is 7.18. The second-order valence-electron chi connectivity index (χ2n) is 8.56. The molecule has 0 saturated heterocycles. The third-order valence-electron chi connectivity index (χ3n) is 6.11. The first kappa shape index (κ1) is 25.2. The van der Waals surface area contributed by atoms with Crippen molar-refractivity contribution >= 4 is 46.0 Å². The Hall–Kier alpha value is -4.51. The zero-order valence-electron chi connectivity index (χ0n) is 20.4. The molecule has 5 rings (SSSR count). The molecule has 0 aliphatic carbocycles. The Bertz CT molecular complexity index is 1470. The average molecular weight is 530 g/mol. The molecule has 3 aromatic carbocycles. The third-order valence-corrected chi connectivity index (χ3v) is 7.12. The van der Waals surface area contributed by atoms with E-state index >= 15 is 0 Å². The minimum Gasteiger partial charge on any atom is -0.496 e. The number of hydrogen-bond acceptors (Lipinski definition) is 8. The number of nitro groups is 1. The molecule has 3 aromatic rings. The van der Waals surface area contributed by atoms with Crippen LogP contribution in [0.25, 0.3) is 0 Å². The van der Waals surface area contributed by atoms with Gasteiger partial charge in [-0.15, -0.1) is 0 Å². The summed E-state index contributed by atoms with van der Waals surface area (Å²) in [5.74, 6) is 0.958. The highest BCUT2D eigenvalue weighted by Crippen LogP contribution is 2.35. The van der Waals surface area contributed by atoms with Gasteiger partial charge in [0.2, 0.25) is 5.91 Å². The molecule has 0 bridgehead atoms. The van der Waals surface area contributed by atoms with E-state index in [1.165, 1.54) is 28.8 Å². The molecule has 1 atom stereocenters. The fourth-order valence-corrected chi connectivity index (χ4v) is 5.14. The van der Waals surface area contributed by atoms with Crippen LogP contribution < -0.4 is 10.1 Å². The number of fused-ring (bicyclic) bond motifs is 3. The highest BCUT2D eigenvalue weighted by atomic mass is 32.2. The van der Waals surface area contributed by atoms with Gasteiger partial charge in [-0.05, 0) is 23.8 Å². The molecule has 0 unspecified atom stereocenters. The number of ether oxygens (including phenoxy) is 1. The van der Waals surface area contributed by atoms with Gasteiger partial charge in [0.25, 0.3) is 11.6 Å². The molecule has 0 aromatic heterocycles. The number of nitrogens with one attached hydrogen (secondary N) is 1. The molecule has 0 spiro atoms. The van der Waals surface area contributed by atoms with Crippen molar-refractivity contribution in [2.75, 3.05) is 7.11 Å². The topological polar surface area (TPSA) is 126 Å². The summed E-state index contributed by atoms with van der Waals surface area (Å²) in [6.07, 6.45) is -0.101. The van der Waals surface area contributed by atoms with Crippen LogP contribution in [-0.4, -0.2) is 45.8 Å². The molecule has 1 N–H and O–H groups in total. The number of aliphatic imine (C=N–C) groups is 2. The number of carbonyl (C=O) groups excluding carboxylic acids is 2. The maximum Gasteiger partial charge on any atom is 0.269 e. The van der Waals surface area contributed by atoms with Gasteiger partial charge in [0.05, 0.1) is 24.1 Å². The van der Waals surface area contributed by atoms with E-state index in [2.05, 4.69) is 15.3 Å². The summed E-state index contributed by atoms with van der Waals surface area (Å²) in [5.41, 5.74) is 3.09. The number of amides is 2. The van der Waals surface area contributed by atoms with Gasteiger partial charge in [0, 0.05) is 35.6 Å². The van der Waals surface area contributed by atoms with E-state index in [4.69, 9.17) is 4.74 Å². The van der Waals surface area contributed by atoms with Crippen molar-refractivity contribution in [2.24, 2.45) is 9.98 Å². The molecule has 38 heavy (non-hydrogen) atoms. The predicted molar refractivity (Wildman–Crippen MR) is 145 cm³/mol. The zero-order chi connectivity index (χ0) is 26.6. The number of hydrogen-bond donors (Lipinski definition) is 1. The van der Waals surface area contributed by atoms with Gasteiger partial charge in [-0.2, -0.15) is 0 Å². The second-order valence-corrected chi connectivity index (χ2v) is 9.50. The summed E-state index contributed by atoms with van der Waals surface area (Å²) < 4.78 is 5.33. The maximum atomic E-state index is 13.4. The number of carbonyl (C=O) groups is 2. The lowest BCUT2D eigenvalue weighted by Crippen LogP contribution is -2.42. The molecule has 0 radical (unpaired) electrons. The molecule has 11 heteroatoms. The Morgan fingerprint density at radius 2 is 1.84 bits per heavy atom. The van der Waals surface area contributed by atoms with Crippen molar-refractivity contribution < 1.29 is 19.2 Å². The maximum absolute atomic E-state index is 13.4. The second kappa shape index (κ2) is 10.9. The van der Waals surface area contributed by atoms with Crippen LogP contribution in [0.2, 0.25) is 0 Å². The van der Waals surface area contributed by atoms with E-state index in [0.717, 1.165) is 16.7 Å². The number of amidine groups is 2. The Morgan fingerprint density at radius 3 is 2.61 bits per heavy atom. The van der Waals surface area contributed by atoms with Crippen LogP contribution in [0.3, 0.4) is 0 Å². The lowest BCUT2D eigenvalue weighted by Gasteiger charge is -2.25. The molecular formula is C27H23N5O5S. The van der Waals surface area contributed by atoms with E-state index in [9.17, 15) is 19.7 Å². The van der Waals surface area contributed by atoms with Crippen LogP contribution in [0.15, 0.2) is 82.8 Å². The van der Waals surface area contributed by atoms with Gasteiger partial charge in [-0.25, -0.2) is 9.89 Å². The van der Waals surface area contributed by atoms with Gasteiger partial charge in [-0.1, -0.05) is 54.2 Å². The summed E-state index contributed by atoms with van der Waals surface area (Å²) in [5, 5.41) is 14.2. The van der Waals surface area contributed by atoms with Crippen LogP contribution in [-0.2, 0) is 21.9 Å². The molecule has 2 amide bonds. The first-order valence-electron chi connectivity index (χ1n) is 11.8. The lowest BCUT2D eigenvalue weighted by atomic mass is 10.1. The molecule has 0 fully saturated rings. The van der Waals surface area contributed by atoms with E-state index in [-0.39, 0.29) is 30.5 Å². The quantitative estimate of drug-likeness (QED) is 0.344. The van der Waals surface area contributed by atoms with Crippen LogP contribution in [0, 0.1) is 10.1 Å². The van der Waals surface area contributed by atoms with Gasteiger partial charge < -0.3 is 10.1 Å². The van der Waals surface area contributed by atoms with Crippen LogP contribution >= 0.6 is 11.8 Å². The van der Waals surface area contributed by atoms with Crippen LogP contribution in [0.5, 0.6) is 5.75 Å². The number of non-ortho nitro benzene ring substituents is 1. The van der Waals surface area contributed by atoms with Gasteiger partial charge >= 0.3 is 0 Å². The average Bonchev–Trinajstić information content (AvgIpc) is 3.26. The number of thioether (sulfide) groups is 1. The van der Waals surface area contributed by atoms with E-state index in [1.54, 1.807) is 19.2 Å². The van der Waals surface area contributed by atoms with Crippen molar-refractivity contribution in [2.45, 2.75) is 24.8 Å². The smallest absolute Gasteiger partial charge is 0.269 e. The molecule has 10 nitrogen and oxygen atoms in total. The van der Waals surface area contributed by atoms with Crippen LogP contribution in [0.1, 0.15) is 23.1 Å². The van der Waals surface area contributed by atoms with Crippen molar-refractivity contribution in [3.05, 3.63) is 99.6 Å². The summed E-state index contributed by atoms with van der Waals surface area (Å²) >= 11 is 1.33. The normalized spacial score (nSPS) is 15.8. The van der Waals surface area contributed by atoms with Crippen molar-refractivity contribution in [1.82, 2.24) is 10.2 Å². The van der Waals surface area contributed by atoms with Gasteiger partial charge in [0.15, 0.2) is 5.17 Å². The molecule has 0 saturated carbocycles. The molecule has 2 heterocycles. The molecular weight excluding hydrogens is 506 g/mol. The highest BCUT2D eigenvalue weighted by molar-refractivity contribution is 8.13. The first-order chi connectivity index (χ1) is 18.4.